The van der Waals surface area contributed by atoms with Gasteiger partial charge in [-0.1, -0.05) is 12.1 Å². The Morgan fingerprint density at radius 2 is 1.69 bits per heavy atom. The summed E-state index contributed by atoms with van der Waals surface area (Å²) in [5.74, 6) is -0.841. The van der Waals surface area contributed by atoms with E-state index in [0.717, 1.165) is 6.07 Å². The van der Waals surface area contributed by atoms with Crippen molar-refractivity contribution >= 4 is 12.4 Å². The topological polar surface area (TPSA) is 20.2 Å². The molecule has 84 valence electrons. The quantitative estimate of drug-likeness (QED) is 0.540. The van der Waals surface area contributed by atoms with Crippen LogP contribution in [-0.2, 0) is 5.60 Å². The van der Waals surface area contributed by atoms with Crippen LogP contribution in [0.25, 0.3) is 0 Å². The zero-order chi connectivity index (χ0) is 11.9. The number of hydrogen-bond donors (Lipinski definition) is 1. The molecule has 0 bridgehead atoms. The zero-order valence-electron chi connectivity index (χ0n) is 9.27. The first-order valence-corrected chi connectivity index (χ1v) is 4.34. The third-order valence-corrected chi connectivity index (χ3v) is 2.03. The van der Waals surface area contributed by atoms with E-state index >= 15 is 0 Å². The van der Waals surface area contributed by atoms with Crippen LogP contribution in [0, 0.1) is 5.82 Å². The predicted molar refractivity (Wildman–Crippen MR) is 50.4 cm³/mol. The summed E-state index contributed by atoms with van der Waals surface area (Å²) in [7, 11) is 0. The third kappa shape index (κ3) is 4.12. The van der Waals surface area contributed by atoms with Gasteiger partial charge in [-0.25, -0.2) is 4.39 Å². The standard InChI is InChI=1S/C9H10BF4O.K/c1-9(2,15)7-5-6(10(12,13)14)3-4-8(7)11;/h3-5,15H,1-2H3;/q-1;+1. The Labute approximate surface area is 134 Å². The van der Waals surface area contributed by atoms with E-state index in [-0.39, 0.29) is 56.9 Å². The van der Waals surface area contributed by atoms with Gasteiger partial charge in [0, 0.05) is 5.56 Å². The molecule has 0 heterocycles. The van der Waals surface area contributed by atoms with E-state index in [1.165, 1.54) is 13.8 Å². The Morgan fingerprint density at radius 3 is 2.06 bits per heavy atom. The maximum Gasteiger partial charge on any atom is 1.00 e. The Hall–Kier alpha value is 0.601. The molecule has 0 amide bonds. The number of hydrogen-bond acceptors (Lipinski definition) is 1. The molecule has 7 heteroatoms. The number of rotatable bonds is 2. The Bertz CT molecular complexity index is 373. The van der Waals surface area contributed by atoms with Crippen molar-refractivity contribution in [1.29, 1.82) is 0 Å². The van der Waals surface area contributed by atoms with Gasteiger partial charge in [0.2, 0.25) is 0 Å². The molecule has 0 spiro atoms. The molecule has 1 aromatic rings. The van der Waals surface area contributed by atoms with E-state index in [4.69, 9.17) is 0 Å². The fraction of sp³-hybridized carbons (Fsp3) is 0.333. The molecular formula is C9H10BF4KO. The molecule has 0 aromatic heterocycles. The molecule has 0 aliphatic heterocycles. The van der Waals surface area contributed by atoms with Gasteiger partial charge in [-0.2, -0.15) is 0 Å². The first kappa shape index (κ1) is 16.6. The molecule has 1 N–H and O–H groups in total. The van der Waals surface area contributed by atoms with Crippen LogP contribution in [0.4, 0.5) is 17.3 Å². The smallest absolute Gasteiger partial charge is 0.445 e. The van der Waals surface area contributed by atoms with Crippen molar-refractivity contribution in [2.75, 3.05) is 0 Å². The summed E-state index contributed by atoms with van der Waals surface area (Å²) in [4.78, 5) is 0. The molecule has 16 heavy (non-hydrogen) atoms. The molecule has 0 saturated heterocycles. The summed E-state index contributed by atoms with van der Waals surface area (Å²) in [5.41, 5.74) is -2.88. The van der Waals surface area contributed by atoms with Crippen molar-refractivity contribution in [3.05, 3.63) is 29.6 Å². The van der Waals surface area contributed by atoms with Crippen LogP contribution in [0.15, 0.2) is 18.2 Å². The van der Waals surface area contributed by atoms with Crippen molar-refractivity contribution in [3.8, 4) is 0 Å². The van der Waals surface area contributed by atoms with Crippen molar-refractivity contribution in [3.63, 3.8) is 0 Å². The molecule has 1 nitrogen and oxygen atoms in total. The Kier molecular flexibility index (Phi) is 5.70. The molecule has 0 aliphatic carbocycles. The third-order valence-electron chi connectivity index (χ3n) is 2.03. The van der Waals surface area contributed by atoms with Gasteiger partial charge >= 0.3 is 58.4 Å². The Morgan fingerprint density at radius 1 is 1.19 bits per heavy atom. The van der Waals surface area contributed by atoms with Crippen molar-refractivity contribution in [2.24, 2.45) is 0 Å². The van der Waals surface area contributed by atoms with Gasteiger partial charge in [-0.15, -0.1) is 5.46 Å². The van der Waals surface area contributed by atoms with Gasteiger partial charge in [-0.3, -0.25) is 0 Å². The summed E-state index contributed by atoms with van der Waals surface area (Å²) in [5, 5.41) is 9.46. The second kappa shape index (κ2) is 5.50. The second-order valence-electron chi connectivity index (χ2n) is 3.87. The fourth-order valence-electron chi connectivity index (χ4n) is 1.22. The second-order valence-corrected chi connectivity index (χ2v) is 3.87. The van der Waals surface area contributed by atoms with Crippen molar-refractivity contribution in [1.82, 2.24) is 0 Å². The monoisotopic (exact) mass is 260 g/mol. The molecule has 0 saturated carbocycles. The minimum absolute atomic E-state index is 0. The number of benzene rings is 1. The molecular weight excluding hydrogens is 250 g/mol. The molecule has 0 aliphatic rings. The maximum absolute atomic E-state index is 13.1. The summed E-state index contributed by atoms with van der Waals surface area (Å²) in [6.45, 7) is -2.70. The zero-order valence-corrected chi connectivity index (χ0v) is 12.4. The first-order chi connectivity index (χ1) is 6.62. The average molecular weight is 260 g/mol. The first-order valence-electron chi connectivity index (χ1n) is 4.34. The average Bonchev–Trinajstić information content (AvgIpc) is 2.00. The number of aliphatic hydroxyl groups is 1. The van der Waals surface area contributed by atoms with Crippen molar-refractivity contribution < 1.29 is 73.8 Å². The summed E-state index contributed by atoms with van der Waals surface area (Å²) in [6.07, 6.45) is 0. The van der Waals surface area contributed by atoms with E-state index in [9.17, 15) is 22.4 Å². The molecule has 1 rings (SSSR count). The fourth-order valence-corrected chi connectivity index (χ4v) is 1.22. The van der Waals surface area contributed by atoms with Crippen LogP contribution in [0.2, 0.25) is 0 Å². The van der Waals surface area contributed by atoms with E-state index in [2.05, 4.69) is 0 Å². The van der Waals surface area contributed by atoms with Crippen LogP contribution < -0.4 is 56.8 Å². The van der Waals surface area contributed by atoms with Crippen LogP contribution >= 0.6 is 0 Å². The van der Waals surface area contributed by atoms with Crippen LogP contribution in [-0.4, -0.2) is 12.1 Å². The van der Waals surface area contributed by atoms with E-state index in [1.54, 1.807) is 0 Å². The number of halogens is 4. The molecule has 0 fully saturated rings. The van der Waals surface area contributed by atoms with Crippen LogP contribution in [0.3, 0.4) is 0 Å². The molecule has 1 aromatic carbocycles. The summed E-state index contributed by atoms with van der Waals surface area (Å²) < 4.78 is 50.2. The SMILES string of the molecule is CC(C)(O)c1cc([B-](F)(F)F)ccc1F.[K+]. The van der Waals surface area contributed by atoms with Gasteiger partial charge in [0.1, 0.15) is 5.82 Å². The van der Waals surface area contributed by atoms with Crippen molar-refractivity contribution in [2.45, 2.75) is 19.4 Å². The van der Waals surface area contributed by atoms with Gasteiger partial charge in [-0.05, 0) is 19.9 Å². The molecule has 0 unspecified atom stereocenters. The van der Waals surface area contributed by atoms with Crippen LogP contribution in [0.1, 0.15) is 19.4 Å². The minimum atomic E-state index is -5.17. The largest absolute Gasteiger partial charge is 1.00 e. The van der Waals surface area contributed by atoms with Crippen LogP contribution in [0.5, 0.6) is 0 Å². The summed E-state index contributed by atoms with van der Waals surface area (Å²) >= 11 is 0. The van der Waals surface area contributed by atoms with E-state index < -0.39 is 23.9 Å². The van der Waals surface area contributed by atoms with E-state index in [1.807, 2.05) is 0 Å². The normalized spacial score (nSPS) is 12.2. The maximum atomic E-state index is 13.1. The predicted octanol–water partition coefficient (Wildman–Crippen LogP) is -0.888. The molecule has 0 atom stereocenters. The van der Waals surface area contributed by atoms with Gasteiger partial charge in [0.25, 0.3) is 0 Å². The minimum Gasteiger partial charge on any atom is -0.445 e. The Balaban J connectivity index is 0.00000225. The van der Waals surface area contributed by atoms with Gasteiger partial charge in [0.05, 0.1) is 5.60 Å². The van der Waals surface area contributed by atoms with Gasteiger partial charge in [0.15, 0.2) is 0 Å². The van der Waals surface area contributed by atoms with E-state index in [0.29, 0.717) is 12.1 Å². The van der Waals surface area contributed by atoms with Gasteiger partial charge < -0.3 is 18.1 Å². The molecule has 0 radical (unpaired) electrons. The summed E-state index contributed by atoms with van der Waals surface area (Å²) in [6, 6.07) is 2.04.